The molecule has 1 aliphatic heterocycles. The smallest absolute Gasteiger partial charge is 0.330 e. The summed E-state index contributed by atoms with van der Waals surface area (Å²) in [7, 11) is 0. The van der Waals surface area contributed by atoms with E-state index in [9.17, 15) is 20.1 Å². The second-order valence-corrected chi connectivity index (χ2v) is 4.60. The Bertz CT molecular complexity index is 511. The number of aromatic hydroxyl groups is 1. The maximum absolute atomic E-state index is 11.5. The summed E-state index contributed by atoms with van der Waals surface area (Å²) in [6.45, 7) is -0.284. The van der Waals surface area contributed by atoms with Crippen molar-refractivity contribution in [2.75, 3.05) is 6.61 Å². The monoisotopic (exact) mass is 296 g/mol. The van der Waals surface area contributed by atoms with Crippen LogP contribution in [0.4, 0.5) is 0 Å². The Morgan fingerprint density at radius 2 is 1.86 bits per heavy atom. The van der Waals surface area contributed by atoms with Crippen molar-refractivity contribution in [3.8, 4) is 5.75 Å². The average Bonchev–Trinajstić information content (AvgIpc) is 2.72. The minimum atomic E-state index is -1.49. The quantitative estimate of drug-likeness (QED) is 0.432. The van der Waals surface area contributed by atoms with Gasteiger partial charge in [0.2, 0.25) is 0 Å². The van der Waals surface area contributed by atoms with Crippen LogP contribution in [0.3, 0.4) is 0 Å². The summed E-state index contributed by atoms with van der Waals surface area (Å²) in [6.07, 6.45) is -2.51. The van der Waals surface area contributed by atoms with E-state index in [1.54, 1.807) is 12.1 Å². The van der Waals surface area contributed by atoms with Gasteiger partial charge in [-0.25, -0.2) is 4.79 Å². The van der Waals surface area contributed by atoms with Crippen LogP contribution in [0, 0.1) is 0 Å². The largest absolute Gasteiger partial charge is 0.508 e. The lowest BCUT2D eigenvalue weighted by Gasteiger charge is -2.13. The third-order valence-electron chi connectivity index (χ3n) is 3.03. The minimum absolute atomic E-state index is 0.124. The average molecular weight is 296 g/mol. The molecule has 7 nitrogen and oxygen atoms in total. The number of hydrogen-bond donors (Lipinski definition) is 4. The molecule has 1 aliphatic rings. The lowest BCUT2D eigenvalue weighted by molar-refractivity contribution is -0.153. The Hall–Kier alpha value is -1.93. The molecular weight excluding hydrogens is 280 g/mol. The highest BCUT2D eigenvalue weighted by molar-refractivity contribution is 5.87. The summed E-state index contributed by atoms with van der Waals surface area (Å²) in [5.74, 6) is -0.533. The Kier molecular flexibility index (Phi) is 4.92. The number of phenols is 1. The van der Waals surface area contributed by atoms with Gasteiger partial charge in [0.05, 0.1) is 0 Å². The Morgan fingerprint density at radius 3 is 2.43 bits per heavy atom. The first-order valence-electron chi connectivity index (χ1n) is 6.31. The topological polar surface area (TPSA) is 116 Å². The van der Waals surface area contributed by atoms with E-state index in [1.807, 2.05) is 0 Å². The van der Waals surface area contributed by atoms with Gasteiger partial charge in [0.25, 0.3) is 0 Å². The van der Waals surface area contributed by atoms with E-state index in [2.05, 4.69) is 0 Å². The molecule has 1 aromatic rings. The molecule has 4 N–H and O–H groups in total. The van der Waals surface area contributed by atoms with Crippen LogP contribution < -0.4 is 0 Å². The highest BCUT2D eigenvalue weighted by atomic mass is 16.7. The summed E-state index contributed by atoms with van der Waals surface area (Å²) in [6, 6.07) is 6.21. The molecular formula is C14H16O7. The van der Waals surface area contributed by atoms with E-state index in [1.165, 1.54) is 24.3 Å². The van der Waals surface area contributed by atoms with Gasteiger partial charge in [-0.05, 0) is 23.8 Å². The first kappa shape index (κ1) is 15.5. The number of aliphatic hydroxyl groups is 3. The van der Waals surface area contributed by atoms with Crippen molar-refractivity contribution >= 4 is 12.0 Å². The molecule has 0 aromatic heterocycles. The molecule has 1 saturated heterocycles. The van der Waals surface area contributed by atoms with Crippen LogP contribution in [0.5, 0.6) is 5.75 Å². The predicted molar refractivity (Wildman–Crippen MR) is 71.0 cm³/mol. The lowest BCUT2D eigenvalue weighted by Crippen LogP contribution is -2.34. The Balaban J connectivity index is 1.81. The van der Waals surface area contributed by atoms with Gasteiger partial charge in [0.1, 0.15) is 30.7 Å². The molecule has 1 heterocycles. The molecule has 4 unspecified atom stereocenters. The van der Waals surface area contributed by atoms with E-state index in [0.717, 1.165) is 0 Å². The van der Waals surface area contributed by atoms with Crippen molar-refractivity contribution < 1.29 is 34.7 Å². The summed E-state index contributed by atoms with van der Waals surface area (Å²) in [5, 5.41) is 37.1. The maximum Gasteiger partial charge on any atom is 0.330 e. The Morgan fingerprint density at radius 1 is 1.19 bits per heavy atom. The number of carbonyl (C=O) groups is 1. The van der Waals surface area contributed by atoms with Gasteiger partial charge in [0, 0.05) is 6.08 Å². The maximum atomic E-state index is 11.5. The fourth-order valence-electron chi connectivity index (χ4n) is 1.83. The zero-order chi connectivity index (χ0) is 15.4. The molecule has 0 aliphatic carbocycles. The highest BCUT2D eigenvalue weighted by Crippen LogP contribution is 2.19. The van der Waals surface area contributed by atoms with Crippen LogP contribution in [0.2, 0.25) is 0 Å². The molecule has 0 spiro atoms. The summed E-state index contributed by atoms with van der Waals surface area (Å²) in [5.41, 5.74) is 0.702. The third kappa shape index (κ3) is 4.02. The van der Waals surface area contributed by atoms with Crippen LogP contribution in [-0.2, 0) is 14.3 Å². The number of esters is 1. The molecule has 0 bridgehead atoms. The van der Waals surface area contributed by atoms with Crippen LogP contribution >= 0.6 is 0 Å². The molecule has 7 heteroatoms. The van der Waals surface area contributed by atoms with Gasteiger partial charge >= 0.3 is 5.97 Å². The molecule has 1 fully saturated rings. The molecule has 0 saturated carbocycles. The number of rotatable bonds is 4. The Labute approximate surface area is 120 Å². The van der Waals surface area contributed by atoms with E-state index >= 15 is 0 Å². The van der Waals surface area contributed by atoms with Crippen LogP contribution in [-0.4, -0.2) is 57.6 Å². The number of benzene rings is 1. The normalized spacial score (nSPS) is 28.9. The van der Waals surface area contributed by atoms with Crippen molar-refractivity contribution in [3.63, 3.8) is 0 Å². The van der Waals surface area contributed by atoms with Crippen LogP contribution in [0.1, 0.15) is 5.56 Å². The SMILES string of the molecule is O=C(C=Cc1ccc(O)cc1)OCC1OC(O)C(O)C1O. The molecule has 1 aromatic carbocycles. The predicted octanol–water partition coefficient (Wildman–Crippen LogP) is -0.612. The second-order valence-electron chi connectivity index (χ2n) is 4.60. The van der Waals surface area contributed by atoms with E-state index in [0.29, 0.717) is 5.56 Å². The van der Waals surface area contributed by atoms with Gasteiger partial charge in [-0.1, -0.05) is 12.1 Å². The van der Waals surface area contributed by atoms with Gasteiger partial charge in [-0.15, -0.1) is 0 Å². The van der Waals surface area contributed by atoms with Crippen molar-refractivity contribution in [2.24, 2.45) is 0 Å². The van der Waals surface area contributed by atoms with E-state index in [-0.39, 0.29) is 12.4 Å². The van der Waals surface area contributed by atoms with Crippen LogP contribution in [0.15, 0.2) is 30.3 Å². The van der Waals surface area contributed by atoms with E-state index in [4.69, 9.17) is 14.6 Å². The first-order chi connectivity index (χ1) is 9.97. The summed E-state index contributed by atoms with van der Waals surface area (Å²) < 4.78 is 9.69. The van der Waals surface area contributed by atoms with Crippen molar-refractivity contribution in [2.45, 2.75) is 24.6 Å². The number of phenolic OH excluding ortho intramolecular Hbond substituents is 1. The first-order valence-corrected chi connectivity index (χ1v) is 6.31. The minimum Gasteiger partial charge on any atom is -0.508 e. The molecule has 2 rings (SSSR count). The standard InChI is InChI=1S/C14H16O7/c15-9-4-1-8(2-5-9)3-6-11(16)20-7-10-12(17)13(18)14(19)21-10/h1-6,10,12-15,17-19H,7H2. The second kappa shape index (κ2) is 6.68. The van der Waals surface area contributed by atoms with Crippen molar-refractivity contribution in [1.29, 1.82) is 0 Å². The van der Waals surface area contributed by atoms with Crippen molar-refractivity contribution in [3.05, 3.63) is 35.9 Å². The fourth-order valence-corrected chi connectivity index (χ4v) is 1.83. The lowest BCUT2D eigenvalue weighted by atomic mass is 10.1. The van der Waals surface area contributed by atoms with Gasteiger partial charge < -0.3 is 29.9 Å². The number of aliphatic hydroxyl groups excluding tert-OH is 3. The summed E-state index contributed by atoms with van der Waals surface area (Å²) >= 11 is 0. The number of ether oxygens (including phenoxy) is 2. The van der Waals surface area contributed by atoms with Crippen LogP contribution in [0.25, 0.3) is 6.08 Å². The van der Waals surface area contributed by atoms with E-state index < -0.39 is 30.6 Å². The number of hydrogen-bond acceptors (Lipinski definition) is 7. The third-order valence-corrected chi connectivity index (χ3v) is 3.03. The van der Waals surface area contributed by atoms with Gasteiger partial charge in [-0.2, -0.15) is 0 Å². The fraction of sp³-hybridized carbons (Fsp3) is 0.357. The molecule has 114 valence electrons. The van der Waals surface area contributed by atoms with Crippen molar-refractivity contribution in [1.82, 2.24) is 0 Å². The zero-order valence-corrected chi connectivity index (χ0v) is 11.0. The van der Waals surface area contributed by atoms with Gasteiger partial charge in [0.15, 0.2) is 6.29 Å². The summed E-state index contributed by atoms with van der Waals surface area (Å²) in [4.78, 5) is 11.5. The molecule has 21 heavy (non-hydrogen) atoms. The molecule has 4 atom stereocenters. The highest BCUT2D eigenvalue weighted by Gasteiger charge is 2.42. The molecule has 0 radical (unpaired) electrons. The molecule has 0 amide bonds. The van der Waals surface area contributed by atoms with Gasteiger partial charge in [-0.3, -0.25) is 0 Å². The number of carbonyl (C=O) groups excluding carboxylic acids is 1. The zero-order valence-electron chi connectivity index (χ0n) is 11.0.